The first-order valence-corrected chi connectivity index (χ1v) is 4.14. The lowest BCUT2D eigenvalue weighted by Gasteiger charge is -2.43. The van der Waals surface area contributed by atoms with Gasteiger partial charge in [0.2, 0.25) is 5.79 Å². The van der Waals surface area contributed by atoms with E-state index in [0.29, 0.717) is 0 Å². The summed E-state index contributed by atoms with van der Waals surface area (Å²) >= 11 is 0. The number of ether oxygens (including phenoxy) is 1. The average molecular weight is 206 g/mol. The van der Waals surface area contributed by atoms with E-state index < -0.39 is 30.2 Å². The van der Waals surface area contributed by atoms with Crippen LogP contribution in [0.5, 0.6) is 0 Å². The van der Waals surface area contributed by atoms with Gasteiger partial charge in [-0.1, -0.05) is 6.08 Å². The van der Waals surface area contributed by atoms with Crippen LogP contribution < -0.4 is 0 Å². The third-order valence-electron chi connectivity index (χ3n) is 2.27. The fourth-order valence-corrected chi connectivity index (χ4v) is 1.29. The standard InChI is InChI=1S/C8H14O6/c1-2-5(10)8(13)7(12)6(11)4(9)3-14-8/h2,4-7,9-13H,1,3H2/t4-,5?,6-,7+,8+/m1/s1. The van der Waals surface area contributed by atoms with Gasteiger partial charge in [-0.05, 0) is 0 Å². The Labute approximate surface area is 80.7 Å². The van der Waals surface area contributed by atoms with Gasteiger partial charge in [0.05, 0.1) is 6.61 Å². The second-order valence-electron chi connectivity index (χ2n) is 3.25. The Hall–Kier alpha value is -0.500. The Balaban J connectivity index is 2.84. The summed E-state index contributed by atoms with van der Waals surface area (Å²) in [5, 5.41) is 46.6. The van der Waals surface area contributed by atoms with Crippen LogP contribution in [0.15, 0.2) is 12.7 Å². The summed E-state index contributed by atoms with van der Waals surface area (Å²) in [4.78, 5) is 0. The first kappa shape index (κ1) is 11.6. The van der Waals surface area contributed by atoms with Crippen molar-refractivity contribution in [2.75, 3.05) is 6.61 Å². The van der Waals surface area contributed by atoms with Crippen LogP contribution in [0.3, 0.4) is 0 Å². The molecular formula is C8H14O6. The molecular weight excluding hydrogens is 192 g/mol. The number of hydrogen-bond acceptors (Lipinski definition) is 6. The van der Waals surface area contributed by atoms with E-state index in [1.165, 1.54) is 0 Å². The highest BCUT2D eigenvalue weighted by molar-refractivity contribution is 5.01. The molecule has 0 amide bonds. The highest BCUT2D eigenvalue weighted by atomic mass is 16.7. The Morgan fingerprint density at radius 2 is 2.00 bits per heavy atom. The van der Waals surface area contributed by atoms with Crippen molar-refractivity contribution in [2.24, 2.45) is 0 Å². The molecule has 6 nitrogen and oxygen atoms in total. The number of rotatable bonds is 2. The molecule has 5 atom stereocenters. The van der Waals surface area contributed by atoms with Crippen LogP contribution in [0.1, 0.15) is 0 Å². The fraction of sp³-hybridized carbons (Fsp3) is 0.750. The first-order valence-electron chi connectivity index (χ1n) is 4.14. The van der Waals surface area contributed by atoms with Crippen LogP contribution in [0, 0.1) is 0 Å². The Bertz CT molecular complexity index is 220. The summed E-state index contributed by atoms with van der Waals surface area (Å²) in [7, 11) is 0. The van der Waals surface area contributed by atoms with E-state index in [1.54, 1.807) is 0 Å². The lowest BCUT2D eigenvalue weighted by atomic mass is 9.93. The van der Waals surface area contributed by atoms with Gasteiger partial charge in [-0.25, -0.2) is 0 Å². The highest BCUT2D eigenvalue weighted by Gasteiger charge is 2.52. The molecule has 1 saturated heterocycles. The van der Waals surface area contributed by atoms with Gasteiger partial charge in [-0.15, -0.1) is 6.58 Å². The molecule has 1 fully saturated rings. The Morgan fingerprint density at radius 3 is 2.50 bits per heavy atom. The second-order valence-corrected chi connectivity index (χ2v) is 3.25. The van der Waals surface area contributed by atoms with E-state index in [4.69, 9.17) is 5.11 Å². The van der Waals surface area contributed by atoms with Crippen LogP contribution in [0.25, 0.3) is 0 Å². The van der Waals surface area contributed by atoms with Gasteiger partial charge in [0.1, 0.15) is 24.4 Å². The molecule has 6 heteroatoms. The van der Waals surface area contributed by atoms with Gasteiger partial charge in [-0.3, -0.25) is 0 Å². The van der Waals surface area contributed by atoms with E-state index in [1.807, 2.05) is 0 Å². The number of aliphatic hydroxyl groups is 5. The molecule has 82 valence electrons. The number of hydrogen-bond donors (Lipinski definition) is 5. The molecule has 0 aromatic carbocycles. The van der Waals surface area contributed by atoms with Gasteiger partial charge in [0.15, 0.2) is 0 Å². The minimum Gasteiger partial charge on any atom is -0.388 e. The summed E-state index contributed by atoms with van der Waals surface area (Å²) in [5.41, 5.74) is 0. The zero-order valence-corrected chi connectivity index (χ0v) is 7.45. The Morgan fingerprint density at radius 1 is 1.43 bits per heavy atom. The molecule has 1 unspecified atom stereocenters. The lowest BCUT2D eigenvalue weighted by molar-refractivity contribution is -0.344. The number of aliphatic hydroxyl groups excluding tert-OH is 4. The van der Waals surface area contributed by atoms with Crippen LogP contribution >= 0.6 is 0 Å². The monoisotopic (exact) mass is 206 g/mol. The molecule has 0 aromatic heterocycles. The average Bonchev–Trinajstić information content (AvgIpc) is 2.19. The van der Waals surface area contributed by atoms with Crippen molar-refractivity contribution in [1.82, 2.24) is 0 Å². The summed E-state index contributed by atoms with van der Waals surface area (Å²) in [6.45, 7) is 2.84. The minimum absolute atomic E-state index is 0.375. The third kappa shape index (κ3) is 1.68. The summed E-state index contributed by atoms with van der Waals surface area (Å²) < 4.78 is 4.69. The molecule has 0 spiro atoms. The second kappa shape index (κ2) is 3.93. The minimum atomic E-state index is -2.32. The third-order valence-corrected chi connectivity index (χ3v) is 2.27. The van der Waals surface area contributed by atoms with Crippen LogP contribution in [-0.2, 0) is 4.74 Å². The fourth-order valence-electron chi connectivity index (χ4n) is 1.29. The van der Waals surface area contributed by atoms with Gasteiger partial charge in [0.25, 0.3) is 0 Å². The maximum Gasteiger partial charge on any atom is 0.225 e. The van der Waals surface area contributed by atoms with Crippen LogP contribution in [-0.4, -0.2) is 62.3 Å². The quantitative estimate of drug-likeness (QED) is 0.315. The molecule has 1 aliphatic rings. The SMILES string of the molecule is C=CC(O)[C@]1(O)OC[C@@H](O)[C@@H](O)[C@@H]1O. The van der Waals surface area contributed by atoms with Crippen molar-refractivity contribution in [3.63, 3.8) is 0 Å². The predicted octanol–water partition coefficient (Wildman–Crippen LogP) is -2.67. The van der Waals surface area contributed by atoms with Gasteiger partial charge in [-0.2, -0.15) is 0 Å². The largest absolute Gasteiger partial charge is 0.388 e. The van der Waals surface area contributed by atoms with E-state index in [2.05, 4.69) is 11.3 Å². The van der Waals surface area contributed by atoms with Gasteiger partial charge in [0, 0.05) is 0 Å². The zero-order chi connectivity index (χ0) is 10.9. The molecule has 0 aliphatic carbocycles. The van der Waals surface area contributed by atoms with E-state index in [0.717, 1.165) is 6.08 Å². The first-order chi connectivity index (χ1) is 6.43. The van der Waals surface area contributed by atoms with Crippen molar-refractivity contribution in [3.05, 3.63) is 12.7 Å². The molecule has 1 heterocycles. The smallest absolute Gasteiger partial charge is 0.225 e. The molecule has 5 N–H and O–H groups in total. The van der Waals surface area contributed by atoms with E-state index >= 15 is 0 Å². The molecule has 0 radical (unpaired) electrons. The summed E-state index contributed by atoms with van der Waals surface area (Å²) in [5.74, 6) is -2.32. The van der Waals surface area contributed by atoms with Crippen LogP contribution in [0.4, 0.5) is 0 Å². The summed E-state index contributed by atoms with van der Waals surface area (Å²) in [6.07, 6.45) is -5.22. The summed E-state index contributed by atoms with van der Waals surface area (Å²) in [6, 6.07) is 0. The molecule has 1 rings (SSSR count). The Kier molecular flexibility index (Phi) is 3.25. The van der Waals surface area contributed by atoms with E-state index in [-0.39, 0.29) is 6.61 Å². The normalized spacial score (nSPS) is 45.9. The maximum atomic E-state index is 9.63. The molecule has 14 heavy (non-hydrogen) atoms. The van der Waals surface area contributed by atoms with Crippen molar-refractivity contribution in [2.45, 2.75) is 30.2 Å². The van der Waals surface area contributed by atoms with Crippen molar-refractivity contribution in [3.8, 4) is 0 Å². The van der Waals surface area contributed by atoms with Crippen molar-refractivity contribution < 1.29 is 30.3 Å². The molecule has 0 saturated carbocycles. The zero-order valence-electron chi connectivity index (χ0n) is 7.45. The highest BCUT2D eigenvalue weighted by Crippen LogP contribution is 2.27. The van der Waals surface area contributed by atoms with Gasteiger partial charge >= 0.3 is 0 Å². The predicted molar refractivity (Wildman–Crippen MR) is 45.1 cm³/mol. The molecule has 0 aromatic rings. The van der Waals surface area contributed by atoms with Crippen molar-refractivity contribution >= 4 is 0 Å². The van der Waals surface area contributed by atoms with Crippen LogP contribution in [0.2, 0.25) is 0 Å². The maximum absolute atomic E-state index is 9.63. The molecule has 0 bridgehead atoms. The topological polar surface area (TPSA) is 110 Å². The molecule has 1 aliphatic heterocycles. The van der Waals surface area contributed by atoms with E-state index in [9.17, 15) is 20.4 Å². The van der Waals surface area contributed by atoms with Gasteiger partial charge < -0.3 is 30.3 Å². The lowest BCUT2D eigenvalue weighted by Crippen LogP contribution is -2.65. The van der Waals surface area contributed by atoms with Crippen molar-refractivity contribution in [1.29, 1.82) is 0 Å².